The van der Waals surface area contributed by atoms with Gasteiger partial charge in [0.05, 0.1) is 10.6 Å². The second kappa shape index (κ2) is 5.38. The number of nitrogens with zero attached hydrogens (tertiary/aromatic N) is 1. The molecule has 1 saturated heterocycles. The Labute approximate surface area is 114 Å². The highest BCUT2D eigenvalue weighted by molar-refractivity contribution is 9.10. The number of halogens is 2. The Hall–Kier alpha value is -0.580. The monoisotopic (exact) mass is 316 g/mol. The lowest BCUT2D eigenvalue weighted by Crippen LogP contribution is -2.52. The highest BCUT2D eigenvalue weighted by Gasteiger charge is 2.25. The first kappa shape index (κ1) is 12.9. The molecule has 0 radical (unpaired) electrons. The molecule has 0 spiro atoms. The fraction of sp³-hybridized carbons (Fsp3) is 0.417. The molecule has 2 rings (SSSR count). The van der Waals surface area contributed by atoms with Gasteiger partial charge in [-0.1, -0.05) is 27.5 Å². The summed E-state index contributed by atoms with van der Waals surface area (Å²) in [5.41, 5.74) is 0.573. The molecule has 92 valence electrons. The Kier molecular flexibility index (Phi) is 4.07. The zero-order chi connectivity index (χ0) is 12.4. The fourth-order valence-electron chi connectivity index (χ4n) is 1.96. The topological polar surface area (TPSA) is 32.3 Å². The first-order chi connectivity index (χ1) is 8.09. The minimum Gasteiger partial charge on any atom is -0.333 e. The molecule has 0 unspecified atom stereocenters. The Morgan fingerprint density at radius 3 is 3.00 bits per heavy atom. The van der Waals surface area contributed by atoms with Crippen molar-refractivity contribution in [1.82, 2.24) is 10.2 Å². The quantitative estimate of drug-likeness (QED) is 0.863. The van der Waals surface area contributed by atoms with Crippen molar-refractivity contribution in [3.8, 4) is 0 Å². The van der Waals surface area contributed by atoms with Crippen molar-refractivity contribution in [2.45, 2.75) is 13.0 Å². The van der Waals surface area contributed by atoms with Gasteiger partial charge < -0.3 is 10.2 Å². The molecule has 1 aromatic carbocycles. The van der Waals surface area contributed by atoms with E-state index in [1.807, 2.05) is 17.9 Å². The van der Waals surface area contributed by atoms with Crippen LogP contribution in [-0.2, 0) is 0 Å². The number of rotatable bonds is 1. The number of nitrogens with one attached hydrogen (secondary N) is 1. The van der Waals surface area contributed by atoms with E-state index in [1.165, 1.54) is 0 Å². The Balaban J connectivity index is 2.24. The van der Waals surface area contributed by atoms with Gasteiger partial charge in [-0.15, -0.1) is 0 Å². The van der Waals surface area contributed by atoms with Crippen molar-refractivity contribution in [2.75, 3.05) is 19.6 Å². The van der Waals surface area contributed by atoms with Crippen LogP contribution in [0, 0.1) is 0 Å². The molecule has 1 atom stereocenters. The SMILES string of the molecule is C[C@@H]1CNCCN1C(=O)c1ccc(Br)cc1Cl. The van der Waals surface area contributed by atoms with Crippen molar-refractivity contribution in [3.05, 3.63) is 33.3 Å². The second-order valence-electron chi connectivity index (χ2n) is 4.18. The Morgan fingerprint density at radius 1 is 1.59 bits per heavy atom. The van der Waals surface area contributed by atoms with Crippen LogP contribution in [0.3, 0.4) is 0 Å². The van der Waals surface area contributed by atoms with Crippen molar-refractivity contribution in [1.29, 1.82) is 0 Å². The van der Waals surface area contributed by atoms with Crippen LogP contribution in [0.5, 0.6) is 0 Å². The minimum atomic E-state index is 0.0106. The molecule has 1 heterocycles. The maximum atomic E-state index is 12.3. The van der Waals surface area contributed by atoms with Crippen LogP contribution in [0.2, 0.25) is 5.02 Å². The second-order valence-corrected chi connectivity index (χ2v) is 5.50. The maximum absolute atomic E-state index is 12.3. The standard InChI is InChI=1S/C12H14BrClN2O/c1-8-7-15-4-5-16(8)12(17)10-3-2-9(13)6-11(10)14/h2-3,6,8,15H,4-5,7H2,1H3/t8-/m1/s1. The summed E-state index contributed by atoms with van der Waals surface area (Å²) in [6.45, 7) is 4.44. The minimum absolute atomic E-state index is 0.0106. The maximum Gasteiger partial charge on any atom is 0.255 e. The summed E-state index contributed by atoms with van der Waals surface area (Å²) in [6.07, 6.45) is 0. The van der Waals surface area contributed by atoms with Gasteiger partial charge in [-0.2, -0.15) is 0 Å². The molecule has 1 aliphatic rings. The van der Waals surface area contributed by atoms with Crippen LogP contribution < -0.4 is 5.32 Å². The molecule has 0 bridgehead atoms. The number of carbonyl (C=O) groups is 1. The van der Waals surface area contributed by atoms with E-state index < -0.39 is 0 Å². The van der Waals surface area contributed by atoms with Crippen molar-refractivity contribution in [2.24, 2.45) is 0 Å². The summed E-state index contributed by atoms with van der Waals surface area (Å²) in [6, 6.07) is 5.56. The summed E-state index contributed by atoms with van der Waals surface area (Å²) in [5.74, 6) is 0.0106. The third-order valence-electron chi connectivity index (χ3n) is 2.92. The van der Waals surface area contributed by atoms with Gasteiger partial charge in [0, 0.05) is 30.1 Å². The van der Waals surface area contributed by atoms with Crippen LogP contribution in [-0.4, -0.2) is 36.5 Å². The number of amides is 1. The lowest BCUT2D eigenvalue weighted by Gasteiger charge is -2.34. The molecule has 0 aliphatic carbocycles. The van der Waals surface area contributed by atoms with Crippen molar-refractivity contribution < 1.29 is 4.79 Å². The van der Waals surface area contributed by atoms with Crippen LogP contribution >= 0.6 is 27.5 Å². The average molecular weight is 318 g/mol. The predicted molar refractivity (Wildman–Crippen MR) is 72.5 cm³/mol. The van der Waals surface area contributed by atoms with Gasteiger partial charge in [-0.3, -0.25) is 4.79 Å². The first-order valence-electron chi connectivity index (χ1n) is 5.56. The van der Waals surface area contributed by atoms with E-state index in [1.54, 1.807) is 12.1 Å². The molecule has 1 aliphatic heterocycles. The van der Waals surface area contributed by atoms with E-state index in [2.05, 4.69) is 21.2 Å². The van der Waals surface area contributed by atoms with Crippen molar-refractivity contribution >= 4 is 33.4 Å². The van der Waals surface area contributed by atoms with Gasteiger partial charge >= 0.3 is 0 Å². The highest BCUT2D eigenvalue weighted by Crippen LogP contribution is 2.23. The van der Waals surface area contributed by atoms with E-state index >= 15 is 0 Å². The fourth-order valence-corrected chi connectivity index (χ4v) is 2.71. The van der Waals surface area contributed by atoms with Crippen LogP contribution in [0.25, 0.3) is 0 Å². The summed E-state index contributed by atoms with van der Waals surface area (Å²) in [5, 5.41) is 3.76. The number of benzene rings is 1. The normalized spacial score (nSPS) is 20.4. The van der Waals surface area contributed by atoms with Crippen LogP contribution in [0.4, 0.5) is 0 Å². The van der Waals surface area contributed by atoms with Crippen molar-refractivity contribution in [3.63, 3.8) is 0 Å². The predicted octanol–water partition coefficient (Wildman–Crippen LogP) is 2.54. The van der Waals surface area contributed by atoms with Gasteiger partial charge in [-0.25, -0.2) is 0 Å². The van der Waals surface area contributed by atoms with E-state index in [0.29, 0.717) is 10.6 Å². The number of hydrogen-bond acceptors (Lipinski definition) is 2. The zero-order valence-electron chi connectivity index (χ0n) is 9.54. The largest absolute Gasteiger partial charge is 0.333 e. The van der Waals surface area contributed by atoms with Gasteiger partial charge in [0.1, 0.15) is 0 Å². The molecule has 17 heavy (non-hydrogen) atoms. The Bertz CT molecular complexity index is 439. The van der Waals surface area contributed by atoms with Gasteiger partial charge in [0.15, 0.2) is 0 Å². The number of carbonyl (C=O) groups excluding carboxylic acids is 1. The molecule has 1 N–H and O–H groups in total. The summed E-state index contributed by atoms with van der Waals surface area (Å²) in [4.78, 5) is 14.2. The van der Waals surface area contributed by atoms with E-state index in [-0.39, 0.29) is 11.9 Å². The molecule has 0 saturated carbocycles. The van der Waals surface area contributed by atoms with Gasteiger partial charge in [-0.05, 0) is 25.1 Å². The molecule has 1 fully saturated rings. The molecule has 1 aromatic rings. The van der Waals surface area contributed by atoms with E-state index in [9.17, 15) is 4.79 Å². The highest BCUT2D eigenvalue weighted by atomic mass is 79.9. The third-order valence-corrected chi connectivity index (χ3v) is 3.73. The molecule has 5 heteroatoms. The Morgan fingerprint density at radius 2 is 2.35 bits per heavy atom. The van der Waals surface area contributed by atoms with E-state index in [0.717, 1.165) is 24.1 Å². The third kappa shape index (κ3) is 2.81. The lowest BCUT2D eigenvalue weighted by molar-refractivity contribution is 0.0656. The van der Waals surface area contributed by atoms with Gasteiger partial charge in [0.25, 0.3) is 5.91 Å². The molecular weight excluding hydrogens is 304 g/mol. The number of piperazine rings is 1. The van der Waals surface area contributed by atoms with Gasteiger partial charge in [0.2, 0.25) is 0 Å². The number of hydrogen-bond donors (Lipinski definition) is 1. The summed E-state index contributed by atoms with van der Waals surface area (Å²) in [7, 11) is 0. The lowest BCUT2D eigenvalue weighted by atomic mass is 10.1. The average Bonchev–Trinajstić information content (AvgIpc) is 2.29. The zero-order valence-corrected chi connectivity index (χ0v) is 11.9. The first-order valence-corrected chi connectivity index (χ1v) is 6.73. The van der Waals surface area contributed by atoms with Crippen LogP contribution in [0.15, 0.2) is 22.7 Å². The molecule has 1 amide bonds. The molecule has 0 aromatic heterocycles. The molecular formula is C12H14BrClN2O. The van der Waals surface area contributed by atoms with Crippen LogP contribution in [0.1, 0.15) is 17.3 Å². The smallest absolute Gasteiger partial charge is 0.255 e. The summed E-state index contributed by atoms with van der Waals surface area (Å²) < 4.78 is 0.882. The summed E-state index contributed by atoms with van der Waals surface area (Å²) >= 11 is 9.43. The van der Waals surface area contributed by atoms with E-state index in [4.69, 9.17) is 11.6 Å². The molecule has 3 nitrogen and oxygen atoms in total.